The second kappa shape index (κ2) is 8.24. The van der Waals surface area contributed by atoms with Crippen molar-refractivity contribution in [2.45, 2.75) is 83.1 Å². The topological polar surface area (TPSA) is 60.4 Å². The fourth-order valence-corrected chi connectivity index (χ4v) is 8.86. The number of carbonyl (C=O) groups is 1. The van der Waals surface area contributed by atoms with E-state index in [4.69, 9.17) is 0 Å². The van der Waals surface area contributed by atoms with E-state index in [9.17, 15) is 26.4 Å². The van der Waals surface area contributed by atoms with Crippen LogP contribution in [0.15, 0.2) is 24.3 Å². The van der Waals surface area contributed by atoms with Gasteiger partial charge in [-0.05, 0) is 98.1 Å². The first-order valence-electron chi connectivity index (χ1n) is 12.6. The molecule has 4 nitrogen and oxygen atoms in total. The quantitative estimate of drug-likeness (QED) is 0.354. The molecule has 1 aromatic carbocycles. The van der Waals surface area contributed by atoms with E-state index in [0.29, 0.717) is 35.9 Å². The van der Waals surface area contributed by atoms with Gasteiger partial charge in [-0.15, -0.1) is 0 Å². The number of rotatable bonds is 4. The molecule has 1 aromatic rings. The largest absolute Gasteiger partial charge is 0.534 e. The maximum Gasteiger partial charge on any atom is 0.534 e. The maximum absolute atomic E-state index is 12.7. The molecule has 5 rings (SSSR count). The number of ketones is 1. The van der Waals surface area contributed by atoms with E-state index in [-0.39, 0.29) is 16.6 Å². The van der Waals surface area contributed by atoms with Crippen molar-refractivity contribution in [1.82, 2.24) is 0 Å². The summed E-state index contributed by atoms with van der Waals surface area (Å²) in [6.45, 7) is 2.19. The van der Waals surface area contributed by atoms with Crippen molar-refractivity contribution in [3.63, 3.8) is 0 Å². The van der Waals surface area contributed by atoms with Crippen LogP contribution in [0.25, 0.3) is 0 Å². The molecular formula is C26H33F3O4S. The molecule has 0 radical (unpaired) electrons. The summed E-state index contributed by atoms with van der Waals surface area (Å²) in [5.41, 5.74) is -4.45. The van der Waals surface area contributed by atoms with Crippen molar-refractivity contribution in [2.24, 2.45) is 34.5 Å². The van der Waals surface area contributed by atoms with Crippen molar-refractivity contribution in [3.05, 3.63) is 29.8 Å². The summed E-state index contributed by atoms with van der Waals surface area (Å²) >= 11 is 0. The van der Waals surface area contributed by atoms with Gasteiger partial charge in [0.2, 0.25) is 0 Å². The van der Waals surface area contributed by atoms with Gasteiger partial charge < -0.3 is 4.18 Å². The van der Waals surface area contributed by atoms with Crippen LogP contribution in [0.5, 0.6) is 5.75 Å². The highest BCUT2D eigenvalue weighted by Gasteiger charge is 2.60. The summed E-state index contributed by atoms with van der Waals surface area (Å²) in [7, 11) is -5.67. The number of Topliss-reactive ketones (excluding diaryl/α,β-unsaturated/α-hetero) is 1. The molecule has 0 saturated heterocycles. The summed E-state index contributed by atoms with van der Waals surface area (Å²) < 4.78 is 64.9. The Hall–Kier alpha value is -1.57. The van der Waals surface area contributed by atoms with E-state index in [2.05, 4.69) is 11.1 Å². The zero-order chi connectivity index (χ0) is 24.4. The summed E-state index contributed by atoms with van der Waals surface area (Å²) in [6.07, 6.45) is 11.8. The van der Waals surface area contributed by atoms with E-state index in [1.165, 1.54) is 44.2 Å². The molecular weight excluding hydrogens is 465 g/mol. The van der Waals surface area contributed by atoms with E-state index >= 15 is 0 Å². The van der Waals surface area contributed by atoms with E-state index in [1.807, 2.05) is 0 Å². The standard InChI is InChI=1S/C26H33F3O4S/c1-24-15-13-22-20(21(24)11-12-23(24)30)10-7-18-4-2-3-14-25(18,22)16-17-5-8-19(9-6-17)33-34(31,32)26(27,28)29/h5-6,8-9,18,20-22H,2-4,7,10-16H2,1H3/t18?,20-,21-,22+,24-,25+/m0/s1. The van der Waals surface area contributed by atoms with Crippen LogP contribution in [0, 0.1) is 34.5 Å². The van der Waals surface area contributed by atoms with Crippen LogP contribution in [0.3, 0.4) is 0 Å². The van der Waals surface area contributed by atoms with Crippen molar-refractivity contribution >= 4 is 15.9 Å². The van der Waals surface area contributed by atoms with Crippen molar-refractivity contribution in [3.8, 4) is 5.75 Å². The lowest BCUT2D eigenvalue weighted by Gasteiger charge is -2.61. The van der Waals surface area contributed by atoms with Crippen molar-refractivity contribution in [1.29, 1.82) is 0 Å². The third-order valence-corrected chi connectivity index (χ3v) is 10.9. The highest BCUT2D eigenvalue weighted by molar-refractivity contribution is 7.88. The van der Waals surface area contributed by atoms with E-state index in [0.717, 1.165) is 37.7 Å². The van der Waals surface area contributed by atoms with Gasteiger partial charge in [-0.25, -0.2) is 0 Å². The predicted octanol–water partition coefficient (Wildman–Crippen LogP) is 6.44. The van der Waals surface area contributed by atoms with Gasteiger partial charge in [-0.3, -0.25) is 4.79 Å². The minimum Gasteiger partial charge on any atom is -0.376 e. The van der Waals surface area contributed by atoms with Gasteiger partial charge in [-0.1, -0.05) is 31.9 Å². The number of fused-ring (bicyclic) bond motifs is 5. The fraction of sp³-hybridized carbons (Fsp3) is 0.731. The van der Waals surface area contributed by atoms with Crippen LogP contribution >= 0.6 is 0 Å². The Morgan fingerprint density at radius 2 is 1.71 bits per heavy atom. The molecule has 4 saturated carbocycles. The summed E-state index contributed by atoms with van der Waals surface area (Å²) in [5.74, 6) is 2.36. The van der Waals surface area contributed by atoms with Crippen LogP contribution in [0.1, 0.15) is 76.7 Å². The lowest BCUT2D eigenvalue weighted by atomic mass is 9.44. The summed E-state index contributed by atoms with van der Waals surface area (Å²) in [5, 5.41) is 0. The second-order valence-corrected chi connectivity index (χ2v) is 12.9. The minimum atomic E-state index is -5.67. The fourth-order valence-electron chi connectivity index (χ4n) is 8.41. The number of alkyl halides is 3. The smallest absolute Gasteiger partial charge is 0.376 e. The Balaban J connectivity index is 1.40. The molecule has 8 heteroatoms. The number of carbonyl (C=O) groups excluding carboxylic acids is 1. The van der Waals surface area contributed by atoms with Crippen LogP contribution in [0.2, 0.25) is 0 Å². The van der Waals surface area contributed by atoms with Crippen molar-refractivity contribution < 1.29 is 30.6 Å². The van der Waals surface area contributed by atoms with Crippen LogP contribution in [-0.2, 0) is 21.3 Å². The van der Waals surface area contributed by atoms with Gasteiger partial charge in [0.05, 0.1) is 0 Å². The first-order valence-corrected chi connectivity index (χ1v) is 14.0. The lowest BCUT2D eigenvalue weighted by molar-refractivity contribution is -0.140. The first-order chi connectivity index (χ1) is 16.0. The molecule has 6 atom stereocenters. The van der Waals surface area contributed by atoms with Gasteiger partial charge >= 0.3 is 15.6 Å². The zero-order valence-corrected chi connectivity index (χ0v) is 20.4. The Labute approximate surface area is 199 Å². The number of benzene rings is 1. The number of halogens is 3. The molecule has 188 valence electrons. The molecule has 0 aromatic heterocycles. The summed E-state index contributed by atoms with van der Waals surface area (Å²) in [6, 6.07) is 6.11. The molecule has 1 unspecified atom stereocenters. The second-order valence-electron chi connectivity index (χ2n) is 11.4. The monoisotopic (exact) mass is 498 g/mol. The highest BCUT2D eigenvalue weighted by Crippen LogP contribution is 2.66. The predicted molar refractivity (Wildman–Crippen MR) is 121 cm³/mol. The van der Waals surface area contributed by atoms with Gasteiger partial charge in [0.15, 0.2) is 0 Å². The Morgan fingerprint density at radius 1 is 0.971 bits per heavy atom. The van der Waals surface area contributed by atoms with Gasteiger partial charge in [-0.2, -0.15) is 21.6 Å². The van der Waals surface area contributed by atoms with E-state index < -0.39 is 15.6 Å². The van der Waals surface area contributed by atoms with Crippen LogP contribution in [0.4, 0.5) is 13.2 Å². The van der Waals surface area contributed by atoms with Gasteiger partial charge in [0.25, 0.3) is 0 Å². The molecule has 0 heterocycles. The molecule has 0 amide bonds. The normalized spacial score (nSPS) is 38.1. The number of hydrogen-bond donors (Lipinski definition) is 0. The molecule has 0 spiro atoms. The maximum atomic E-state index is 12.7. The molecule has 4 aliphatic carbocycles. The highest BCUT2D eigenvalue weighted by atomic mass is 32.2. The Kier molecular flexibility index (Phi) is 5.85. The van der Waals surface area contributed by atoms with Crippen LogP contribution in [-0.4, -0.2) is 19.7 Å². The summed E-state index contributed by atoms with van der Waals surface area (Å²) in [4.78, 5) is 12.7. The molecule has 34 heavy (non-hydrogen) atoms. The Morgan fingerprint density at radius 3 is 2.41 bits per heavy atom. The lowest BCUT2D eigenvalue weighted by Crippen LogP contribution is -2.54. The third-order valence-electron chi connectivity index (χ3n) is 9.94. The zero-order valence-electron chi connectivity index (χ0n) is 19.6. The number of hydrogen-bond acceptors (Lipinski definition) is 4. The third kappa shape index (κ3) is 3.79. The van der Waals surface area contributed by atoms with Crippen LogP contribution < -0.4 is 4.18 Å². The average molecular weight is 499 g/mol. The van der Waals surface area contributed by atoms with Gasteiger partial charge in [0.1, 0.15) is 11.5 Å². The average Bonchev–Trinajstić information content (AvgIpc) is 3.08. The molecule has 0 aliphatic heterocycles. The SMILES string of the molecule is C[C@]12CC[C@@H]3[C@@H](CCC4CCCC[C@@]43Cc3ccc(OS(=O)(=O)C(F)(F)F)cc3)[C@@H]1CCC2=O. The van der Waals surface area contributed by atoms with Crippen molar-refractivity contribution in [2.75, 3.05) is 0 Å². The molecule has 4 fully saturated rings. The Bertz CT molecular complexity index is 1050. The van der Waals surface area contributed by atoms with E-state index in [1.54, 1.807) is 12.1 Å². The first kappa shape index (κ1) is 24.1. The van der Waals surface area contributed by atoms with Gasteiger partial charge in [0, 0.05) is 11.8 Å². The molecule has 0 N–H and O–H groups in total. The molecule has 4 aliphatic rings. The molecule has 0 bridgehead atoms. The minimum absolute atomic E-state index is 0.147.